The second-order valence-electron chi connectivity index (χ2n) is 4.74. The summed E-state index contributed by atoms with van der Waals surface area (Å²) in [5.74, 6) is -0.317. The molecule has 1 amide bonds. The Hall–Kier alpha value is -2.40. The van der Waals surface area contributed by atoms with Crippen molar-refractivity contribution in [3.05, 3.63) is 65.0 Å². The van der Waals surface area contributed by atoms with E-state index >= 15 is 0 Å². The van der Waals surface area contributed by atoms with Crippen LogP contribution in [0.3, 0.4) is 0 Å². The van der Waals surface area contributed by atoms with Crippen molar-refractivity contribution in [3.8, 4) is 0 Å². The maximum Gasteiger partial charge on any atom is 0.411 e. The summed E-state index contributed by atoms with van der Waals surface area (Å²) in [7, 11) is 1.30. The van der Waals surface area contributed by atoms with E-state index < -0.39 is 12.1 Å². The summed E-state index contributed by atoms with van der Waals surface area (Å²) in [4.78, 5) is 11.4. The number of rotatable bonds is 3. The highest BCUT2D eigenvalue weighted by Crippen LogP contribution is 2.28. The first-order chi connectivity index (χ1) is 10.0. The van der Waals surface area contributed by atoms with Gasteiger partial charge in [0.2, 0.25) is 0 Å². The van der Waals surface area contributed by atoms with E-state index in [1.807, 2.05) is 25.1 Å². The number of carbonyl (C=O) groups excluding carboxylic acids is 1. The SMILES string of the molecule is COC(=O)Nc1cc(C)ccc1C(N)c1ccc(F)cc1. The maximum absolute atomic E-state index is 13.0. The lowest BCUT2D eigenvalue weighted by molar-refractivity contribution is 0.187. The molecule has 2 aromatic carbocycles. The predicted octanol–water partition coefficient (Wildman–Crippen LogP) is 3.36. The van der Waals surface area contributed by atoms with Crippen molar-refractivity contribution >= 4 is 11.8 Å². The van der Waals surface area contributed by atoms with Crippen molar-refractivity contribution < 1.29 is 13.9 Å². The predicted molar refractivity (Wildman–Crippen MR) is 79.6 cm³/mol. The van der Waals surface area contributed by atoms with Gasteiger partial charge in [-0.1, -0.05) is 24.3 Å². The zero-order valence-electron chi connectivity index (χ0n) is 11.9. The van der Waals surface area contributed by atoms with E-state index in [2.05, 4.69) is 10.1 Å². The third kappa shape index (κ3) is 3.58. The highest BCUT2D eigenvalue weighted by Gasteiger charge is 2.15. The van der Waals surface area contributed by atoms with Crippen LogP contribution >= 0.6 is 0 Å². The fourth-order valence-electron chi connectivity index (χ4n) is 2.06. The van der Waals surface area contributed by atoms with Gasteiger partial charge in [-0.25, -0.2) is 9.18 Å². The fraction of sp³-hybridized carbons (Fsp3) is 0.188. The second-order valence-corrected chi connectivity index (χ2v) is 4.74. The largest absolute Gasteiger partial charge is 0.453 e. The first-order valence-electron chi connectivity index (χ1n) is 6.48. The number of hydrogen-bond donors (Lipinski definition) is 2. The molecule has 4 nitrogen and oxygen atoms in total. The third-order valence-electron chi connectivity index (χ3n) is 3.20. The quantitative estimate of drug-likeness (QED) is 0.910. The standard InChI is InChI=1S/C16H17FN2O2/c1-10-3-8-13(14(9-10)19-16(20)21-2)15(18)11-4-6-12(17)7-5-11/h3-9,15H,18H2,1-2H3,(H,19,20). The van der Waals surface area contributed by atoms with Crippen LogP contribution in [0.4, 0.5) is 14.9 Å². The molecule has 0 saturated heterocycles. The number of hydrogen-bond acceptors (Lipinski definition) is 3. The molecule has 1 unspecified atom stereocenters. The Balaban J connectivity index is 2.37. The van der Waals surface area contributed by atoms with Crippen LogP contribution in [0.1, 0.15) is 22.7 Å². The molecule has 0 heterocycles. The van der Waals surface area contributed by atoms with Crippen LogP contribution in [0.25, 0.3) is 0 Å². The van der Waals surface area contributed by atoms with Gasteiger partial charge in [-0.05, 0) is 41.8 Å². The molecule has 1 atom stereocenters. The topological polar surface area (TPSA) is 64.3 Å². The van der Waals surface area contributed by atoms with Crippen molar-refractivity contribution in [2.45, 2.75) is 13.0 Å². The molecule has 2 aromatic rings. The molecular weight excluding hydrogens is 271 g/mol. The second kappa shape index (κ2) is 6.37. The maximum atomic E-state index is 13.0. The van der Waals surface area contributed by atoms with Gasteiger partial charge in [0.15, 0.2) is 0 Å². The molecule has 0 aliphatic rings. The van der Waals surface area contributed by atoms with E-state index in [-0.39, 0.29) is 5.82 Å². The lowest BCUT2D eigenvalue weighted by atomic mass is 9.97. The zero-order chi connectivity index (χ0) is 15.4. The Morgan fingerprint density at radius 3 is 2.52 bits per heavy atom. The normalized spacial score (nSPS) is 11.8. The van der Waals surface area contributed by atoms with Gasteiger partial charge in [-0.15, -0.1) is 0 Å². The summed E-state index contributed by atoms with van der Waals surface area (Å²) in [5, 5.41) is 2.65. The number of nitrogens with two attached hydrogens (primary N) is 1. The molecule has 0 bridgehead atoms. The van der Waals surface area contributed by atoms with Gasteiger partial charge in [-0.3, -0.25) is 5.32 Å². The van der Waals surface area contributed by atoms with Crippen LogP contribution in [-0.2, 0) is 4.74 Å². The lowest BCUT2D eigenvalue weighted by Crippen LogP contribution is -2.18. The lowest BCUT2D eigenvalue weighted by Gasteiger charge is -2.18. The van der Waals surface area contributed by atoms with E-state index in [9.17, 15) is 9.18 Å². The van der Waals surface area contributed by atoms with E-state index in [4.69, 9.17) is 5.73 Å². The number of carbonyl (C=O) groups is 1. The minimum Gasteiger partial charge on any atom is -0.453 e. The summed E-state index contributed by atoms with van der Waals surface area (Å²) in [5.41, 5.74) is 9.28. The third-order valence-corrected chi connectivity index (χ3v) is 3.20. The van der Waals surface area contributed by atoms with Gasteiger partial charge >= 0.3 is 6.09 Å². The van der Waals surface area contributed by atoms with Gasteiger partial charge in [0, 0.05) is 5.69 Å². The smallest absolute Gasteiger partial charge is 0.411 e. The number of halogens is 1. The zero-order valence-corrected chi connectivity index (χ0v) is 11.9. The van der Waals surface area contributed by atoms with Crippen LogP contribution in [0.5, 0.6) is 0 Å². The number of benzene rings is 2. The van der Waals surface area contributed by atoms with E-state index in [0.29, 0.717) is 5.69 Å². The Kier molecular flexibility index (Phi) is 4.55. The number of methoxy groups -OCH3 is 1. The van der Waals surface area contributed by atoms with E-state index in [1.165, 1.54) is 19.2 Å². The molecule has 0 aromatic heterocycles. The van der Waals surface area contributed by atoms with E-state index in [1.54, 1.807) is 12.1 Å². The molecule has 2 rings (SSSR count). The summed E-state index contributed by atoms with van der Waals surface area (Å²) >= 11 is 0. The van der Waals surface area contributed by atoms with Crippen LogP contribution < -0.4 is 11.1 Å². The molecule has 0 aliphatic heterocycles. The fourth-order valence-corrected chi connectivity index (χ4v) is 2.06. The Labute approximate surface area is 122 Å². The highest BCUT2D eigenvalue weighted by molar-refractivity contribution is 5.86. The van der Waals surface area contributed by atoms with Crippen LogP contribution in [-0.4, -0.2) is 13.2 Å². The van der Waals surface area contributed by atoms with Crippen molar-refractivity contribution in [2.24, 2.45) is 5.73 Å². The van der Waals surface area contributed by atoms with Gasteiger partial charge in [0.05, 0.1) is 13.2 Å². The van der Waals surface area contributed by atoms with Crippen molar-refractivity contribution in [1.82, 2.24) is 0 Å². The van der Waals surface area contributed by atoms with Crippen molar-refractivity contribution in [1.29, 1.82) is 0 Å². The number of amides is 1. The van der Waals surface area contributed by atoms with Crippen molar-refractivity contribution in [2.75, 3.05) is 12.4 Å². The Morgan fingerprint density at radius 1 is 1.24 bits per heavy atom. The van der Waals surface area contributed by atoms with Gasteiger partial charge in [-0.2, -0.15) is 0 Å². The molecule has 0 spiro atoms. The summed E-state index contributed by atoms with van der Waals surface area (Å²) < 4.78 is 17.6. The molecule has 0 saturated carbocycles. The molecule has 5 heteroatoms. The minimum absolute atomic E-state index is 0.317. The average Bonchev–Trinajstić information content (AvgIpc) is 2.47. The van der Waals surface area contributed by atoms with E-state index in [0.717, 1.165) is 16.7 Å². The Bertz CT molecular complexity index is 641. The number of aryl methyl sites for hydroxylation is 1. The van der Waals surface area contributed by atoms with Crippen LogP contribution in [0, 0.1) is 12.7 Å². The molecule has 0 fully saturated rings. The van der Waals surface area contributed by atoms with Gasteiger partial charge in [0.25, 0.3) is 0 Å². The number of ether oxygens (including phenoxy) is 1. The Morgan fingerprint density at radius 2 is 1.90 bits per heavy atom. The summed E-state index contributed by atoms with van der Waals surface area (Å²) in [6.07, 6.45) is -0.562. The van der Waals surface area contributed by atoms with Gasteiger partial charge < -0.3 is 10.5 Å². The molecule has 3 N–H and O–H groups in total. The monoisotopic (exact) mass is 288 g/mol. The van der Waals surface area contributed by atoms with Crippen molar-refractivity contribution in [3.63, 3.8) is 0 Å². The molecule has 0 radical (unpaired) electrons. The highest BCUT2D eigenvalue weighted by atomic mass is 19.1. The minimum atomic E-state index is -0.562. The number of nitrogens with one attached hydrogen (secondary N) is 1. The molecule has 110 valence electrons. The van der Waals surface area contributed by atoms with Crippen LogP contribution in [0.15, 0.2) is 42.5 Å². The van der Waals surface area contributed by atoms with Gasteiger partial charge in [0.1, 0.15) is 5.82 Å². The van der Waals surface area contributed by atoms with Crippen LogP contribution in [0.2, 0.25) is 0 Å². The molecule has 21 heavy (non-hydrogen) atoms. The molecular formula is C16H17FN2O2. The first-order valence-corrected chi connectivity index (χ1v) is 6.48. The first kappa shape index (κ1) is 15.0. The molecule has 0 aliphatic carbocycles. The summed E-state index contributed by atoms with van der Waals surface area (Å²) in [6.45, 7) is 1.91. The average molecular weight is 288 g/mol. The number of anilines is 1. The summed E-state index contributed by atoms with van der Waals surface area (Å²) in [6, 6.07) is 11.1.